The van der Waals surface area contributed by atoms with Gasteiger partial charge in [-0.05, 0) is 30.7 Å². The summed E-state index contributed by atoms with van der Waals surface area (Å²) in [7, 11) is 0. The Labute approximate surface area is 144 Å². The highest BCUT2D eigenvalue weighted by molar-refractivity contribution is 5.60. The van der Waals surface area contributed by atoms with Gasteiger partial charge in [-0.15, -0.1) is 21.9 Å². The van der Waals surface area contributed by atoms with Crippen molar-refractivity contribution in [1.82, 2.24) is 19.8 Å². The van der Waals surface area contributed by atoms with E-state index in [1.165, 1.54) is 6.07 Å². The van der Waals surface area contributed by atoms with Crippen LogP contribution in [0.2, 0.25) is 0 Å². The van der Waals surface area contributed by atoms with Crippen molar-refractivity contribution in [2.24, 2.45) is 0 Å². The normalized spacial score (nSPS) is 17.3. The van der Waals surface area contributed by atoms with Crippen molar-refractivity contribution in [2.75, 3.05) is 24.6 Å². The molecule has 1 saturated heterocycles. The van der Waals surface area contributed by atoms with Gasteiger partial charge in [-0.1, -0.05) is 18.2 Å². The third kappa shape index (κ3) is 2.98. The highest BCUT2D eigenvalue weighted by Crippen LogP contribution is 2.24. The zero-order valence-electron chi connectivity index (χ0n) is 13.7. The summed E-state index contributed by atoms with van der Waals surface area (Å²) >= 11 is 0. The quantitative estimate of drug-likeness (QED) is 0.669. The van der Waals surface area contributed by atoms with Crippen LogP contribution in [0, 0.1) is 5.82 Å². The van der Waals surface area contributed by atoms with E-state index in [9.17, 15) is 4.39 Å². The predicted molar refractivity (Wildman–Crippen MR) is 92.9 cm³/mol. The van der Waals surface area contributed by atoms with Crippen LogP contribution < -0.4 is 4.90 Å². The number of hydrogen-bond donors (Lipinski definition) is 0. The van der Waals surface area contributed by atoms with Crippen molar-refractivity contribution in [3.8, 4) is 11.4 Å². The molecule has 0 aliphatic carbocycles. The minimum atomic E-state index is -0.344. The molecule has 0 radical (unpaired) electrons. The standard InChI is InChI=1S/C18H18FN5O/c1-2-11-25-13-9-10-23(12-13)17-8-7-16-20-21-18(24(16)22-17)14-5-3-4-6-15(14)19/h2-8,13H,1,9-12H2. The largest absolute Gasteiger partial charge is 0.372 e. The molecule has 1 aliphatic rings. The minimum absolute atomic E-state index is 0.169. The highest BCUT2D eigenvalue weighted by Gasteiger charge is 2.24. The Morgan fingerprint density at radius 3 is 2.96 bits per heavy atom. The van der Waals surface area contributed by atoms with Crippen LogP contribution in [0.25, 0.3) is 17.0 Å². The number of fused-ring (bicyclic) bond motifs is 1. The maximum Gasteiger partial charge on any atom is 0.188 e. The minimum Gasteiger partial charge on any atom is -0.372 e. The topological polar surface area (TPSA) is 55.5 Å². The fraction of sp³-hybridized carbons (Fsp3) is 0.278. The molecule has 0 amide bonds. The van der Waals surface area contributed by atoms with E-state index >= 15 is 0 Å². The zero-order valence-corrected chi connectivity index (χ0v) is 13.7. The van der Waals surface area contributed by atoms with Gasteiger partial charge < -0.3 is 9.64 Å². The molecular weight excluding hydrogens is 321 g/mol. The second-order valence-corrected chi connectivity index (χ2v) is 5.94. The molecule has 0 bridgehead atoms. The van der Waals surface area contributed by atoms with Gasteiger partial charge in [0, 0.05) is 13.1 Å². The molecule has 1 atom stereocenters. The Hall–Kier alpha value is -2.80. The summed E-state index contributed by atoms with van der Waals surface area (Å²) in [6, 6.07) is 10.2. The molecule has 1 unspecified atom stereocenters. The molecule has 7 heteroatoms. The third-order valence-electron chi connectivity index (χ3n) is 4.28. The fourth-order valence-electron chi connectivity index (χ4n) is 3.03. The number of halogens is 1. The highest BCUT2D eigenvalue weighted by atomic mass is 19.1. The number of hydrogen-bond acceptors (Lipinski definition) is 5. The lowest BCUT2D eigenvalue weighted by molar-refractivity contribution is 0.0909. The van der Waals surface area contributed by atoms with Crippen LogP contribution in [0.1, 0.15) is 6.42 Å². The molecule has 1 fully saturated rings. The van der Waals surface area contributed by atoms with Crippen LogP contribution >= 0.6 is 0 Å². The summed E-state index contributed by atoms with van der Waals surface area (Å²) in [5, 5.41) is 12.8. The van der Waals surface area contributed by atoms with Crippen molar-refractivity contribution in [3.63, 3.8) is 0 Å². The second kappa shape index (κ2) is 6.60. The summed E-state index contributed by atoms with van der Waals surface area (Å²) in [5.74, 6) is 0.853. The van der Waals surface area contributed by atoms with E-state index in [0.717, 1.165) is 25.3 Å². The monoisotopic (exact) mass is 339 g/mol. The van der Waals surface area contributed by atoms with Crippen LogP contribution in [0.3, 0.4) is 0 Å². The number of benzene rings is 1. The maximum absolute atomic E-state index is 14.1. The Balaban J connectivity index is 1.65. The first-order valence-corrected chi connectivity index (χ1v) is 8.21. The Kier molecular flexibility index (Phi) is 4.15. The first kappa shape index (κ1) is 15.7. The number of rotatable bonds is 5. The van der Waals surface area contributed by atoms with Gasteiger partial charge in [-0.3, -0.25) is 0 Å². The first-order chi connectivity index (χ1) is 12.3. The molecule has 1 aromatic carbocycles. The van der Waals surface area contributed by atoms with Gasteiger partial charge >= 0.3 is 0 Å². The summed E-state index contributed by atoms with van der Waals surface area (Å²) in [5.41, 5.74) is 0.967. The molecule has 3 heterocycles. The van der Waals surface area contributed by atoms with Gasteiger partial charge in [0.05, 0.1) is 18.3 Å². The zero-order chi connectivity index (χ0) is 17.2. The van der Waals surface area contributed by atoms with E-state index in [4.69, 9.17) is 4.74 Å². The molecule has 1 aliphatic heterocycles. The van der Waals surface area contributed by atoms with Crippen molar-refractivity contribution < 1.29 is 9.13 Å². The van der Waals surface area contributed by atoms with Crippen molar-refractivity contribution in [3.05, 3.63) is 54.9 Å². The SMILES string of the molecule is C=CCOC1CCN(c2ccc3nnc(-c4ccccc4F)n3n2)C1. The number of nitrogens with zero attached hydrogens (tertiary/aromatic N) is 5. The number of anilines is 1. The van der Waals surface area contributed by atoms with Crippen molar-refractivity contribution in [2.45, 2.75) is 12.5 Å². The Bertz CT molecular complexity index is 909. The lowest BCUT2D eigenvalue weighted by Crippen LogP contribution is -2.24. The molecule has 0 spiro atoms. The van der Waals surface area contributed by atoms with Crippen LogP contribution in [0.5, 0.6) is 0 Å². The Morgan fingerprint density at radius 1 is 1.24 bits per heavy atom. The lowest BCUT2D eigenvalue weighted by atomic mass is 10.2. The van der Waals surface area contributed by atoms with E-state index in [2.05, 4.69) is 26.8 Å². The summed E-state index contributed by atoms with van der Waals surface area (Å²) in [6.45, 7) is 5.85. The van der Waals surface area contributed by atoms with Gasteiger partial charge in [-0.25, -0.2) is 4.39 Å². The van der Waals surface area contributed by atoms with Crippen LogP contribution in [0.4, 0.5) is 10.2 Å². The lowest BCUT2D eigenvalue weighted by Gasteiger charge is -2.17. The van der Waals surface area contributed by atoms with E-state index < -0.39 is 0 Å². The summed E-state index contributed by atoms with van der Waals surface area (Å²) < 4.78 is 21.4. The molecule has 128 valence electrons. The van der Waals surface area contributed by atoms with Gasteiger partial charge in [-0.2, -0.15) is 4.52 Å². The van der Waals surface area contributed by atoms with E-state index in [-0.39, 0.29) is 11.9 Å². The van der Waals surface area contributed by atoms with Crippen LogP contribution in [-0.2, 0) is 4.74 Å². The molecule has 0 saturated carbocycles. The van der Waals surface area contributed by atoms with Crippen LogP contribution in [0.15, 0.2) is 49.1 Å². The summed E-state index contributed by atoms with van der Waals surface area (Å²) in [6.07, 6.45) is 2.86. The van der Waals surface area contributed by atoms with E-state index in [1.54, 1.807) is 28.8 Å². The van der Waals surface area contributed by atoms with Crippen molar-refractivity contribution in [1.29, 1.82) is 0 Å². The molecule has 0 N–H and O–H groups in total. The van der Waals surface area contributed by atoms with Gasteiger partial charge in [0.25, 0.3) is 0 Å². The van der Waals surface area contributed by atoms with Crippen molar-refractivity contribution >= 4 is 11.5 Å². The fourth-order valence-corrected chi connectivity index (χ4v) is 3.03. The number of aromatic nitrogens is 4. The molecular formula is C18H18FN5O. The molecule has 6 nitrogen and oxygen atoms in total. The van der Waals surface area contributed by atoms with Gasteiger partial charge in [0.15, 0.2) is 11.5 Å². The smallest absolute Gasteiger partial charge is 0.188 e. The number of ether oxygens (including phenoxy) is 1. The molecule has 25 heavy (non-hydrogen) atoms. The predicted octanol–water partition coefficient (Wildman–Crippen LogP) is 2.71. The first-order valence-electron chi connectivity index (χ1n) is 8.21. The average molecular weight is 339 g/mol. The Morgan fingerprint density at radius 2 is 2.12 bits per heavy atom. The van der Waals surface area contributed by atoms with Gasteiger partial charge in [0.1, 0.15) is 11.6 Å². The third-order valence-corrected chi connectivity index (χ3v) is 4.28. The van der Waals surface area contributed by atoms with E-state index in [0.29, 0.717) is 23.6 Å². The van der Waals surface area contributed by atoms with Gasteiger partial charge in [0.2, 0.25) is 0 Å². The maximum atomic E-state index is 14.1. The van der Waals surface area contributed by atoms with E-state index in [1.807, 2.05) is 12.1 Å². The van der Waals surface area contributed by atoms with Crippen LogP contribution in [-0.4, -0.2) is 45.6 Å². The second-order valence-electron chi connectivity index (χ2n) is 5.94. The molecule has 2 aromatic heterocycles. The molecule has 4 rings (SSSR count). The molecule has 3 aromatic rings. The average Bonchev–Trinajstić information content (AvgIpc) is 3.27. The summed E-state index contributed by atoms with van der Waals surface area (Å²) in [4.78, 5) is 2.15.